The summed E-state index contributed by atoms with van der Waals surface area (Å²) in [6.07, 6.45) is 8.62. The van der Waals surface area contributed by atoms with Crippen molar-refractivity contribution >= 4 is 17.8 Å². The van der Waals surface area contributed by atoms with Crippen molar-refractivity contribution in [2.75, 3.05) is 13.2 Å². The van der Waals surface area contributed by atoms with E-state index in [4.69, 9.17) is 4.74 Å². The summed E-state index contributed by atoms with van der Waals surface area (Å²) in [6, 6.07) is 0.0713. The second-order valence-corrected chi connectivity index (χ2v) is 8.80. The molecule has 0 aromatic rings. The number of carbonyl (C=O) groups is 3. The second-order valence-electron chi connectivity index (χ2n) is 8.80. The molecule has 0 aromatic carbocycles. The van der Waals surface area contributed by atoms with Crippen molar-refractivity contribution in [3.63, 3.8) is 0 Å². The molecule has 26 heavy (non-hydrogen) atoms. The summed E-state index contributed by atoms with van der Waals surface area (Å²) in [5.74, 6) is 1.22. The number of hydrogen-bond acceptors (Lipinski definition) is 4. The smallest absolute Gasteiger partial charge is 0.325 e. The van der Waals surface area contributed by atoms with Gasteiger partial charge < -0.3 is 15.4 Å². The van der Waals surface area contributed by atoms with E-state index in [-0.39, 0.29) is 36.4 Å². The van der Waals surface area contributed by atoms with Gasteiger partial charge in [0.1, 0.15) is 6.54 Å². The Morgan fingerprint density at radius 3 is 2.19 bits per heavy atom. The molecule has 2 N–H and O–H groups in total. The Morgan fingerprint density at radius 1 is 1.08 bits per heavy atom. The van der Waals surface area contributed by atoms with Gasteiger partial charge in [-0.3, -0.25) is 14.4 Å². The van der Waals surface area contributed by atoms with Crippen molar-refractivity contribution in [2.24, 2.45) is 23.2 Å². The molecule has 4 aliphatic rings. The first-order valence-electron chi connectivity index (χ1n) is 10.1. The van der Waals surface area contributed by atoms with Gasteiger partial charge in [0.15, 0.2) is 6.61 Å². The summed E-state index contributed by atoms with van der Waals surface area (Å²) in [5.41, 5.74) is -0.262. The topological polar surface area (TPSA) is 84.5 Å². The standard InChI is InChI=1S/C20H32N2O4/c1-3-4-13(2)22-17(23)12-26-18(24)11-21-19(25)20-8-14-5-15(9-20)7-16(6-14)10-20/h13-16H,3-12H2,1-2H3,(H,21,25)(H,22,23)/t13-,14?,15?,16?,20?/m1/s1. The number of carbonyl (C=O) groups excluding carboxylic acids is 3. The van der Waals surface area contributed by atoms with Crippen LogP contribution in [0.25, 0.3) is 0 Å². The highest BCUT2D eigenvalue weighted by atomic mass is 16.5. The van der Waals surface area contributed by atoms with Gasteiger partial charge in [0.25, 0.3) is 5.91 Å². The average Bonchev–Trinajstić information content (AvgIpc) is 2.56. The molecule has 4 fully saturated rings. The van der Waals surface area contributed by atoms with Crippen molar-refractivity contribution in [3.05, 3.63) is 0 Å². The van der Waals surface area contributed by atoms with Crippen LogP contribution >= 0.6 is 0 Å². The molecule has 0 spiro atoms. The normalized spacial score (nSPS) is 32.8. The third kappa shape index (κ3) is 4.38. The molecule has 4 saturated carbocycles. The Kier molecular flexibility index (Phi) is 5.88. The average molecular weight is 364 g/mol. The molecule has 2 amide bonds. The fourth-order valence-corrected chi connectivity index (χ4v) is 5.75. The van der Waals surface area contributed by atoms with Gasteiger partial charge in [0.2, 0.25) is 5.91 Å². The molecule has 4 bridgehead atoms. The zero-order valence-electron chi connectivity index (χ0n) is 16.0. The van der Waals surface area contributed by atoms with Crippen LogP contribution in [0, 0.1) is 23.2 Å². The van der Waals surface area contributed by atoms with Crippen molar-refractivity contribution in [3.8, 4) is 0 Å². The molecule has 0 heterocycles. The second kappa shape index (κ2) is 7.97. The van der Waals surface area contributed by atoms with E-state index in [1.807, 2.05) is 6.92 Å². The van der Waals surface area contributed by atoms with Crippen LogP contribution in [0.1, 0.15) is 65.2 Å². The largest absolute Gasteiger partial charge is 0.454 e. The SMILES string of the molecule is CCC[C@@H](C)NC(=O)COC(=O)CNC(=O)C12CC3CC(CC(C3)C1)C2. The lowest BCUT2D eigenvalue weighted by Gasteiger charge is -2.55. The lowest BCUT2D eigenvalue weighted by Crippen LogP contribution is -2.54. The van der Waals surface area contributed by atoms with Gasteiger partial charge in [-0.1, -0.05) is 13.3 Å². The first-order chi connectivity index (χ1) is 12.4. The number of rotatable bonds is 8. The summed E-state index contributed by atoms with van der Waals surface area (Å²) in [5, 5.41) is 5.57. The van der Waals surface area contributed by atoms with E-state index >= 15 is 0 Å². The molecular weight excluding hydrogens is 332 g/mol. The van der Waals surface area contributed by atoms with Crippen LogP contribution in [0.5, 0.6) is 0 Å². The highest BCUT2D eigenvalue weighted by molar-refractivity contribution is 5.87. The van der Waals surface area contributed by atoms with E-state index in [1.165, 1.54) is 19.3 Å². The Balaban J connectivity index is 1.39. The fraction of sp³-hybridized carbons (Fsp3) is 0.850. The van der Waals surface area contributed by atoms with E-state index in [0.29, 0.717) is 17.8 Å². The van der Waals surface area contributed by atoms with Crippen LogP contribution in [-0.2, 0) is 19.1 Å². The zero-order chi connectivity index (χ0) is 18.7. The van der Waals surface area contributed by atoms with Gasteiger partial charge in [-0.15, -0.1) is 0 Å². The van der Waals surface area contributed by atoms with Crippen LogP contribution in [0.15, 0.2) is 0 Å². The number of hydrogen-bond donors (Lipinski definition) is 2. The minimum Gasteiger partial charge on any atom is -0.454 e. The highest BCUT2D eigenvalue weighted by Crippen LogP contribution is 2.60. The summed E-state index contributed by atoms with van der Waals surface area (Å²) >= 11 is 0. The first kappa shape index (κ1) is 19.2. The Morgan fingerprint density at radius 2 is 1.65 bits per heavy atom. The predicted molar refractivity (Wildman–Crippen MR) is 97.1 cm³/mol. The van der Waals surface area contributed by atoms with Crippen molar-refractivity contribution < 1.29 is 19.1 Å². The molecule has 0 saturated heterocycles. The quantitative estimate of drug-likeness (QED) is 0.647. The first-order valence-corrected chi connectivity index (χ1v) is 10.1. The highest BCUT2D eigenvalue weighted by Gasteiger charge is 2.54. The van der Waals surface area contributed by atoms with Gasteiger partial charge in [0, 0.05) is 11.5 Å². The maximum atomic E-state index is 12.8. The lowest BCUT2D eigenvalue weighted by molar-refractivity contribution is -0.152. The van der Waals surface area contributed by atoms with Crippen LogP contribution in [0.2, 0.25) is 0 Å². The molecule has 0 radical (unpaired) electrons. The lowest BCUT2D eigenvalue weighted by atomic mass is 9.49. The minimum atomic E-state index is -0.554. The van der Waals surface area contributed by atoms with E-state index in [2.05, 4.69) is 17.6 Å². The van der Waals surface area contributed by atoms with Crippen LogP contribution in [0.3, 0.4) is 0 Å². The molecule has 4 aliphatic carbocycles. The van der Waals surface area contributed by atoms with Gasteiger partial charge in [-0.2, -0.15) is 0 Å². The van der Waals surface area contributed by atoms with Gasteiger partial charge in [-0.25, -0.2) is 0 Å². The molecule has 0 aromatic heterocycles. The molecule has 6 heteroatoms. The van der Waals surface area contributed by atoms with Crippen LogP contribution < -0.4 is 10.6 Å². The summed E-state index contributed by atoms with van der Waals surface area (Å²) < 4.78 is 4.99. The van der Waals surface area contributed by atoms with Crippen molar-refractivity contribution in [1.82, 2.24) is 10.6 Å². The summed E-state index contributed by atoms with van der Waals surface area (Å²) in [7, 11) is 0. The Labute approximate surface area is 155 Å². The third-order valence-electron chi connectivity index (χ3n) is 6.41. The van der Waals surface area contributed by atoms with Crippen LogP contribution in [-0.4, -0.2) is 37.0 Å². The van der Waals surface area contributed by atoms with Crippen LogP contribution in [0.4, 0.5) is 0 Å². The zero-order valence-corrected chi connectivity index (χ0v) is 16.0. The number of esters is 1. The third-order valence-corrected chi connectivity index (χ3v) is 6.41. The summed E-state index contributed by atoms with van der Waals surface area (Å²) in [4.78, 5) is 36.4. The number of nitrogens with one attached hydrogen (secondary N) is 2. The van der Waals surface area contributed by atoms with Gasteiger partial charge >= 0.3 is 5.97 Å². The monoisotopic (exact) mass is 364 g/mol. The summed E-state index contributed by atoms with van der Waals surface area (Å²) in [6.45, 7) is 3.53. The minimum absolute atomic E-state index is 0.00886. The molecular formula is C20H32N2O4. The fourth-order valence-electron chi connectivity index (χ4n) is 5.75. The maximum Gasteiger partial charge on any atom is 0.325 e. The molecule has 0 unspecified atom stereocenters. The Bertz CT molecular complexity index is 525. The van der Waals surface area contributed by atoms with Gasteiger partial charge in [0.05, 0.1) is 0 Å². The van der Waals surface area contributed by atoms with E-state index in [0.717, 1.165) is 32.1 Å². The molecule has 146 valence electrons. The number of amides is 2. The van der Waals surface area contributed by atoms with E-state index < -0.39 is 5.97 Å². The maximum absolute atomic E-state index is 12.8. The van der Waals surface area contributed by atoms with E-state index in [1.54, 1.807) is 0 Å². The van der Waals surface area contributed by atoms with Crippen molar-refractivity contribution in [1.29, 1.82) is 0 Å². The van der Waals surface area contributed by atoms with Crippen molar-refractivity contribution in [2.45, 2.75) is 71.3 Å². The number of ether oxygens (including phenoxy) is 1. The molecule has 0 aliphatic heterocycles. The molecule has 1 atom stereocenters. The predicted octanol–water partition coefficient (Wildman–Crippen LogP) is 2.17. The van der Waals surface area contributed by atoms with E-state index in [9.17, 15) is 14.4 Å². The Hall–Kier alpha value is -1.59. The van der Waals surface area contributed by atoms with Gasteiger partial charge in [-0.05, 0) is 69.6 Å². The molecule has 4 rings (SSSR count). The molecule has 6 nitrogen and oxygen atoms in total.